The fraction of sp³-hybridized carbons (Fsp3) is 1.00. The molecule has 0 heterocycles. The van der Waals surface area contributed by atoms with Crippen molar-refractivity contribution >= 4 is 31.9 Å². The standard InChI is InChI=1S/C6H12Br2/c1-2-6(5-8)3-4-7/h6H,2-5H2,1H3. The largest absolute Gasteiger partial charge is 0.0928 e. The van der Waals surface area contributed by atoms with E-state index in [1.165, 1.54) is 12.8 Å². The van der Waals surface area contributed by atoms with E-state index in [2.05, 4.69) is 38.8 Å². The molecule has 0 nitrogen and oxygen atoms in total. The van der Waals surface area contributed by atoms with Crippen molar-refractivity contribution in [1.29, 1.82) is 0 Å². The molecule has 0 saturated heterocycles. The summed E-state index contributed by atoms with van der Waals surface area (Å²) < 4.78 is 0. The normalized spacial score (nSPS) is 13.9. The van der Waals surface area contributed by atoms with E-state index in [1.54, 1.807) is 0 Å². The van der Waals surface area contributed by atoms with Crippen molar-refractivity contribution in [1.82, 2.24) is 0 Å². The SMILES string of the molecule is CCC(CBr)CCBr. The summed E-state index contributed by atoms with van der Waals surface area (Å²) in [6.45, 7) is 2.23. The molecule has 0 bridgehead atoms. The van der Waals surface area contributed by atoms with Gasteiger partial charge in [-0.15, -0.1) is 0 Å². The van der Waals surface area contributed by atoms with Crippen LogP contribution in [0.3, 0.4) is 0 Å². The zero-order valence-corrected chi connectivity index (χ0v) is 8.33. The molecule has 1 unspecified atom stereocenters. The highest BCUT2D eigenvalue weighted by Gasteiger charge is 2.00. The summed E-state index contributed by atoms with van der Waals surface area (Å²) >= 11 is 6.87. The molecule has 0 aliphatic heterocycles. The van der Waals surface area contributed by atoms with Crippen molar-refractivity contribution < 1.29 is 0 Å². The molecule has 0 saturated carbocycles. The van der Waals surface area contributed by atoms with E-state index in [1.807, 2.05) is 0 Å². The minimum absolute atomic E-state index is 0.870. The van der Waals surface area contributed by atoms with Crippen molar-refractivity contribution in [2.24, 2.45) is 5.92 Å². The van der Waals surface area contributed by atoms with Crippen molar-refractivity contribution in [2.45, 2.75) is 19.8 Å². The molecule has 0 aromatic rings. The quantitative estimate of drug-likeness (QED) is 0.666. The summed E-state index contributed by atoms with van der Waals surface area (Å²) in [6, 6.07) is 0. The molecule has 0 rings (SSSR count). The average Bonchev–Trinajstić information content (AvgIpc) is 1.83. The predicted octanol–water partition coefficient (Wildman–Crippen LogP) is 3.19. The fourth-order valence-electron chi connectivity index (χ4n) is 0.545. The summed E-state index contributed by atoms with van der Waals surface area (Å²) in [5.74, 6) is 0.870. The Morgan fingerprint density at radius 3 is 2.12 bits per heavy atom. The molecule has 8 heavy (non-hydrogen) atoms. The van der Waals surface area contributed by atoms with Crippen LogP contribution in [0.25, 0.3) is 0 Å². The minimum Gasteiger partial charge on any atom is -0.0928 e. The third-order valence-electron chi connectivity index (χ3n) is 1.31. The van der Waals surface area contributed by atoms with E-state index in [0.717, 1.165) is 16.6 Å². The van der Waals surface area contributed by atoms with Crippen LogP contribution in [0.4, 0.5) is 0 Å². The third kappa shape index (κ3) is 3.90. The van der Waals surface area contributed by atoms with Gasteiger partial charge in [-0.25, -0.2) is 0 Å². The Kier molecular flexibility index (Phi) is 6.82. The van der Waals surface area contributed by atoms with Gasteiger partial charge in [0, 0.05) is 10.7 Å². The van der Waals surface area contributed by atoms with Gasteiger partial charge in [-0.05, 0) is 12.3 Å². The average molecular weight is 244 g/mol. The molecule has 0 aliphatic carbocycles. The molecular weight excluding hydrogens is 232 g/mol. The maximum atomic E-state index is 3.46. The number of hydrogen-bond donors (Lipinski definition) is 0. The van der Waals surface area contributed by atoms with E-state index in [4.69, 9.17) is 0 Å². The predicted molar refractivity (Wildman–Crippen MR) is 46.0 cm³/mol. The van der Waals surface area contributed by atoms with Crippen molar-refractivity contribution in [3.63, 3.8) is 0 Å². The van der Waals surface area contributed by atoms with Gasteiger partial charge in [0.1, 0.15) is 0 Å². The molecule has 0 radical (unpaired) electrons. The van der Waals surface area contributed by atoms with E-state index in [9.17, 15) is 0 Å². The van der Waals surface area contributed by atoms with E-state index in [-0.39, 0.29) is 0 Å². The Labute approximate surface area is 68.3 Å². The molecule has 0 amide bonds. The van der Waals surface area contributed by atoms with Crippen LogP contribution < -0.4 is 0 Å². The van der Waals surface area contributed by atoms with E-state index in [0.29, 0.717) is 0 Å². The first-order valence-corrected chi connectivity index (χ1v) is 5.21. The first kappa shape index (κ1) is 8.96. The molecule has 0 aromatic carbocycles. The van der Waals surface area contributed by atoms with Crippen LogP contribution in [0.2, 0.25) is 0 Å². The summed E-state index contributed by atoms with van der Waals surface area (Å²) in [5, 5.41) is 2.28. The van der Waals surface area contributed by atoms with Gasteiger partial charge in [0.15, 0.2) is 0 Å². The topological polar surface area (TPSA) is 0 Å². The maximum absolute atomic E-state index is 3.46. The molecule has 1 atom stereocenters. The van der Waals surface area contributed by atoms with E-state index >= 15 is 0 Å². The van der Waals surface area contributed by atoms with Crippen LogP contribution in [0.5, 0.6) is 0 Å². The highest BCUT2D eigenvalue weighted by atomic mass is 79.9. The number of halogens is 2. The number of hydrogen-bond acceptors (Lipinski definition) is 0. The molecular formula is C6H12Br2. The summed E-state index contributed by atoms with van der Waals surface area (Å²) in [6.07, 6.45) is 2.58. The molecule has 0 spiro atoms. The monoisotopic (exact) mass is 242 g/mol. The Balaban J connectivity index is 3.07. The van der Waals surface area contributed by atoms with Gasteiger partial charge in [-0.2, -0.15) is 0 Å². The summed E-state index contributed by atoms with van der Waals surface area (Å²) in [7, 11) is 0. The van der Waals surface area contributed by atoms with Gasteiger partial charge < -0.3 is 0 Å². The third-order valence-corrected chi connectivity index (χ3v) is 2.69. The summed E-state index contributed by atoms with van der Waals surface area (Å²) in [4.78, 5) is 0. The van der Waals surface area contributed by atoms with Gasteiger partial charge in [0.2, 0.25) is 0 Å². The van der Waals surface area contributed by atoms with Gasteiger partial charge >= 0.3 is 0 Å². The van der Waals surface area contributed by atoms with Gasteiger partial charge in [0.05, 0.1) is 0 Å². The molecule has 50 valence electrons. The maximum Gasteiger partial charge on any atom is 0.00598 e. The zero-order chi connectivity index (χ0) is 6.41. The van der Waals surface area contributed by atoms with Gasteiger partial charge in [0.25, 0.3) is 0 Å². The minimum atomic E-state index is 0.870. The first-order valence-electron chi connectivity index (χ1n) is 2.97. The molecule has 0 aliphatic rings. The lowest BCUT2D eigenvalue weighted by Crippen LogP contribution is -1.99. The molecule has 2 heteroatoms. The second-order valence-corrected chi connectivity index (χ2v) is 3.35. The van der Waals surface area contributed by atoms with E-state index < -0.39 is 0 Å². The van der Waals surface area contributed by atoms with Crippen LogP contribution in [-0.2, 0) is 0 Å². The Morgan fingerprint density at radius 2 is 2.00 bits per heavy atom. The highest BCUT2D eigenvalue weighted by Crippen LogP contribution is 2.11. The lowest BCUT2D eigenvalue weighted by Gasteiger charge is -2.06. The van der Waals surface area contributed by atoms with Gasteiger partial charge in [-0.1, -0.05) is 45.2 Å². The smallest absolute Gasteiger partial charge is 0.00598 e. The first-order chi connectivity index (χ1) is 3.85. The highest BCUT2D eigenvalue weighted by molar-refractivity contribution is 9.09. The lowest BCUT2D eigenvalue weighted by molar-refractivity contribution is 0.563. The second kappa shape index (κ2) is 6.09. The molecule has 0 aromatic heterocycles. The van der Waals surface area contributed by atoms with Gasteiger partial charge in [-0.3, -0.25) is 0 Å². The molecule has 0 fully saturated rings. The lowest BCUT2D eigenvalue weighted by atomic mass is 10.1. The Morgan fingerprint density at radius 1 is 1.38 bits per heavy atom. The van der Waals surface area contributed by atoms with Crippen LogP contribution in [-0.4, -0.2) is 10.7 Å². The molecule has 0 N–H and O–H groups in total. The van der Waals surface area contributed by atoms with Crippen molar-refractivity contribution in [2.75, 3.05) is 10.7 Å². The van der Waals surface area contributed by atoms with Crippen LogP contribution >= 0.6 is 31.9 Å². The second-order valence-electron chi connectivity index (χ2n) is 1.91. The zero-order valence-electron chi connectivity index (χ0n) is 5.16. The van der Waals surface area contributed by atoms with Crippen molar-refractivity contribution in [3.05, 3.63) is 0 Å². The fourth-order valence-corrected chi connectivity index (χ4v) is 1.97. The number of alkyl halides is 2. The Bertz CT molecular complexity index is 41.8. The summed E-state index contributed by atoms with van der Waals surface area (Å²) in [5.41, 5.74) is 0. The Hall–Kier alpha value is 0.960. The van der Waals surface area contributed by atoms with Crippen LogP contribution in [0.1, 0.15) is 19.8 Å². The van der Waals surface area contributed by atoms with Crippen LogP contribution in [0, 0.1) is 5.92 Å². The number of rotatable bonds is 4. The van der Waals surface area contributed by atoms with Crippen LogP contribution in [0.15, 0.2) is 0 Å². The van der Waals surface area contributed by atoms with Crippen molar-refractivity contribution in [3.8, 4) is 0 Å².